The molecule has 1 N–H and O–H groups in total. The molecule has 5 heteroatoms. The van der Waals surface area contributed by atoms with Gasteiger partial charge in [0.15, 0.2) is 0 Å². The molecule has 2 rings (SSSR count). The number of piperazine rings is 1. The molecule has 2 aliphatic rings. The summed E-state index contributed by atoms with van der Waals surface area (Å²) in [5.74, 6) is 1.57. The molecule has 19 heavy (non-hydrogen) atoms. The molecule has 1 saturated heterocycles. The summed E-state index contributed by atoms with van der Waals surface area (Å²) >= 11 is 1.79. The molecule has 2 amide bonds. The fourth-order valence-corrected chi connectivity index (χ4v) is 3.64. The van der Waals surface area contributed by atoms with Gasteiger partial charge >= 0.3 is 0 Å². The van der Waals surface area contributed by atoms with Crippen molar-refractivity contribution in [2.75, 3.05) is 25.1 Å². The molecule has 1 heterocycles. The monoisotopic (exact) mass is 284 g/mol. The highest BCUT2D eigenvalue weighted by atomic mass is 32.2. The van der Waals surface area contributed by atoms with E-state index in [-0.39, 0.29) is 24.4 Å². The van der Waals surface area contributed by atoms with E-state index in [1.807, 2.05) is 4.90 Å². The van der Waals surface area contributed by atoms with Gasteiger partial charge in [-0.15, -0.1) is 0 Å². The first-order valence-corrected chi connectivity index (χ1v) is 8.69. The number of amides is 2. The van der Waals surface area contributed by atoms with Crippen LogP contribution in [0.5, 0.6) is 0 Å². The van der Waals surface area contributed by atoms with Crippen LogP contribution in [0.15, 0.2) is 0 Å². The van der Waals surface area contributed by atoms with E-state index in [4.69, 9.17) is 0 Å². The lowest BCUT2D eigenvalue weighted by Gasteiger charge is -2.40. The molecule has 0 aromatic rings. The Morgan fingerprint density at radius 3 is 2.68 bits per heavy atom. The molecule has 108 valence electrons. The SMILES string of the molecule is CSCCCN1C(=O)CNC(=O)C1C1CCCCC1. The molecule has 1 saturated carbocycles. The summed E-state index contributed by atoms with van der Waals surface area (Å²) < 4.78 is 0. The maximum absolute atomic E-state index is 12.2. The summed E-state index contributed by atoms with van der Waals surface area (Å²) in [6.07, 6.45) is 8.88. The van der Waals surface area contributed by atoms with E-state index in [1.54, 1.807) is 11.8 Å². The van der Waals surface area contributed by atoms with Crippen molar-refractivity contribution in [3.63, 3.8) is 0 Å². The summed E-state index contributed by atoms with van der Waals surface area (Å²) in [5.41, 5.74) is 0. The summed E-state index contributed by atoms with van der Waals surface area (Å²) in [7, 11) is 0. The van der Waals surface area contributed by atoms with Crippen molar-refractivity contribution in [3.8, 4) is 0 Å². The smallest absolute Gasteiger partial charge is 0.243 e. The predicted octanol–water partition coefficient (Wildman–Crippen LogP) is 1.65. The molecule has 1 unspecified atom stereocenters. The largest absolute Gasteiger partial charge is 0.345 e. The number of rotatable bonds is 5. The fourth-order valence-electron chi connectivity index (χ4n) is 3.23. The van der Waals surface area contributed by atoms with Crippen molar-refractivity contribution in [1.29, 1.82) is 0 Å². The van der Waals surface area contributed by atoms with Gasteiger partial charge in [-0.3, -0.25) is 9.59 Å². The van der Waals surface area contributed by atoms with Crippen molar-refractivity contribution >= 4 is 23.6 Å². The molecule has 4 nitrogen and oxygen atoms in total. The van der Waals surface area contributed by atoms with E-state index in [1.165, 1.54) is 19.3 Å². The van der Waals surface area contributed by atoms with Crippen LogP contribution in [0, 0.1) is 5.92 Å². The Bertz CT molecular complexity index is 329. The summed E-state index contributed by atoms with van der Waals surface area (Å²) in [6.45, 7) is 0.912. The molecule has 2 fully saturated rings. The first-order valence-electron chi connectivity index (χ1n) is 7.30. The van der Waals surface area contributed by atoms with Crippen LogP contribution < -0.4 is 5.32 Å². The maximum Gasteiger partial charge on any atom is 0.243 e. The summed E-state index contributed by atoms with van der Waals surface area (Å²) in [6, 6.07) is -0.205. The van der Waals surface area contributed by atoms with Gasteiger partial charge in [0.05, 0.1) is 6.54 Å². The summed E-state index contributed by atoms with van der Waals surface area (Å²) in [4.78, 5) is 26.1. The minimum atomic E-state index is -0.205. The molecular formula is C14H24N2O2S. The Labute approximate surface area is 119 Å². The third-order valence-corrected chi connectivity index (χ3v) is 4.88. The van der Waals surface area contributed by atoms with Gasteiger partial charge in [-0.05, 0) is 37.2 Å². The van der Waals surface area contributed by atoms with Crippen LogP contribution in [0.3, 0.4) is 0 Å². The molecule has 1 atom stereocenters. The van der Waals surface area contributed by atoms with Crippen molar-refractivity contribution in [2.24, 2.45) is 5.92 Å². The number of nitrogens with one attached hydrogen (secondary N) is 1. The minimum Gasteiger partial charge on any atom is -0.345 e. The average Bonchev–Trinajstić information content (AvgIpc) is 2.44. The number of nitrogens with zero attached hydrogens (tertiary/aromatic N) is 1. The molecule has 0 aromatic carbocycles. The van der Waals surface area contributed by atoms with Crippen LogP contribution in [0.25, 0.3) is 0 Å². The third kappa shape index (κ3) is 3.65. The molecule has 1 aliphatic carbocycles. The quantitative estimate of drug-likeness (QED) is 0.781. The van der Waals surface area contributed by atoms with E-state index >= 15 is 0 Å². The van der Waals surface area contributed by atoms with Crippen LogP contribution in [-0.2, 0) is 9.59 Å². The van der Waals surface area contributed by atoms with E-state index in [2.05, 4.69) is 11.6 Å². The predicted molar refractivity (Wildman–Crippen MR) is 78.1 cm³/mol. The van der Waals surface area contributed by atoms with E-state index in [0.29, 0.717) is 5.92 Å². The third-order valence-electron chi connectivity index (χ3n) is 4.18. The van der Waals surface area contributed by atoms with E-state index in [9.17, 15) is 9.59 Å². The van der Waals surface area contributed by atoms with Crippen molar-refractivity contribution < 1.29 is 9.59 Å². The van der Waals surface area contributed by atoms with Crippen LogP contribution >= 0.6 is 11.8 Å². The van der Waals surface area contributed by atoms with Gasteiger partial charge in [-0.2, -0.15) is 11.8 Å². The Morgan fingerprint density at radius 2 is 2.00 bits per heavy atom. The molecule has 0 radical (unpaired) electrons. The lowest BCUT2D eigenvalue weighted by atomic mass is 9.82. The standard InChI is InChI=1S/C14H24N2O2S/c1-19-9-5-8-16-12(17)10-15-14(18)13(16)11-6-3-2-4-7-11/h11,13H,2-10H2,1H3,(H,15,18). The highest BCUT2D eigenvalue weighted by Crippen LogP contribution is 2.30. The molecule has 0 spiro atoms. The molecule has 0 aromatic heterocycles. The number of thioether (sulfide) groups is 1. The number of hydrogen-bond donors (Lipinski definition) is 1. The van der Waals surface area contributed by atoms with Crippen LogP contribution in [0.2, 0.25) is 0 Å². The summed E-state index contributed by atoms with van der Waals surface area (Å²) in [5, 5.41) is 2.76. The Hall–Kier alpha value is -0.710. The topological polar surface area (TPSA) is 49.4 Å². The highest BCUT2D eigenvalue weighted by molar-refractivity contribution is 7.98. The second-order valence-corrected chi connectivity index (χ2v) is 6.48. The Morgan fingerprint density at radius 1 is 1.26 bits per heavy atom. The second kappa shape index (κ2) is 7.17. The van der Waals surface area contributed by atoms with Crippen LogP contribution in [0.1, 0.15) is 38.5 Å². The second-order valence-electron chi connectivity index (χ2n) is 5.49. The highest BCUT2D eigenvalue weighted by Gasteiger charge is 2.39. The zero-order valence-electron chi connectivity index (χ0n) is 11.7. The van der Waals surface area contributed by atoms with Gasteiger partial charge in [0.25, 0.3) is 0 Å². The van der Waals surface area contributed by atoms with Crippen molar-refractivity contribution in [2.45, 2.75) is 44.6 Å². The molecule has 0 bridgehead atoms. The number of hydrogen-bond acceptors (Lipinski definition) is 3. The van der Waals surface area contributed by atoms with Crippen molar-refractivity contribution in [3.05, 3.63) is 0 Å². The van der Waals surface area contributed by atoms with E-state index in [0.717, 1.165) is 31.6 Å². The number of carbonyl (C=O) groups is 2. The van der Waals surface area contributed by atoms with Crippen molar-refractivity contribution in [1.82, 2.24) is 10.2 Å². The van der Waals surface area contributed by atoms with Gasteiger partial charge < -0.3 is 10.2 Å². The Balaban J connectivity index is 2.03. The average molecular weight is 284 g/mol. The van der Waals surface area contributed by atoms with Gasteiger partial charge in [-0.25, -0.2) is 0 Å². The number of carbonyl (C=O) groups excluding carboxylic acids is 2. The molecule has 1 aliphatic heterocycles. The Kier molecular flexibility index (Phi) is 5.55. The van der Waals surface area contributed by atoms with Crippen LogP contribution in [-0.4, -0.2) is 47.9 Å². The van der Waals surface area contributed by atoms with Gasteiger partial charge in [-0.1, -0.05) is 19.3 Å². The lowest BCUT2D eigenvalue weighted by Crippen LogP contribution is -2.61. The zero-order valence-corrected chi connectivity index (χ0v) is 12.5. The lowest BCUT2D eigenvalue weighted by molar-refractivity contribution is -0.148. The fraction of sp³-hybridized carbons (Fsp3) is 0.857. The van der Waals surface area contributed by atoms with E-state index < -0.39 is 0 Å². The van der Waals surface area contributed by atoms with Crippen LogP contribution in [0.4, 0.5) is 0 Å². The first-order chi connectivity index (χ1) is 9.24. The van der Waals surface area contributed by atoms with Gasteiger partial charge in [0.2, 0.25) is 11.8 Å². The zero-order chi connectivity index (χ0) is 13.7. The first kappa shape index (κ1) is 14.7. The maximum atomic E-state index is 12.2. The molecular weight excluding hydrogens is 260 g/mol. The van der Waals surface area contributed by atoms with Gasteiger partial charge in [0, 0.05) is 6.54 Å². The normalized spacial score (nSPS) is 25.5. The van der Waals surface area contributed by atoms with Gasteiger partial charge in [0.1, 0.15) is 6.04 Å². The minimum absolute atomic E-state index is 0.0654.